The molecule has 1 atom stereocenters. The van der Waals surface area contributed by atoms with Gasteiger partial charge in [0.15, 0.2) is 11.6 Å². The minimum absolute atomic E-state index is 0.191. The summed E-state index contributed by atoms with van der Waals surface area (Å²) in [6, 6.07) is 11.5. The molecule has 0 saturated heterocycles. The average molecular weight is 273 g/mol. The molecule has 0 saturated carbocycles. The first kappa shape index (κ1) is 13.3. The van der Waals surface area contributed by atoms with Gasteiger partial charge in [0, 0.05) is 19.0 Å². The summed E-state index contributed by atoms with van der Waals surface area (Å²) < 4.78 is 27.6. The Balaban J connectivity index is 1.92. The van der Waals surface area contributed by atoms with E-state index in [9.17, 15) is 8.78 Å². The number of hydrogen-bond donors (Lipinski definition) is 1. The second kappa shape index (κ2) is 5.33. The molecule has 2 aromatic carbocycles. The predicted molar refractivity (Wildman–Crippen MR) is 75.7 cm³/mol. The van der Waals surface area contributed by atoms with E-state index in [4.69, 9.17) is 0 Å². The lowest BCUT2D eigenvalue weighted by Crippen LogP contribution is -2.29. The van der Waals surface area contributed by atoms with Crippen molar-refractivity contribution in [3.63, 3.8) is 0 Å². The zero-order chi connectivity index (χ0) is 14.1. The van der Waals surface area contributed by atoms with Crippen molar-refractivity contribution in [3.05, 3.63) is 70.3 Å². The van der Waals surface area contributed by atoms with Gasteiger partial charge >= 0.3 is 0 Å². The fraction of sp³-hybridized carbons (Fsp3) is 0.294. The average Bonchev–Trinajstić information content (AvgIpc) is 2.48. The van der Waals surface area contributed by atoms with E-state index in [0.717, 1.165) is 13.1 Å². The maximum absolute atomic E-state index is 14.0. The van der Waals surface area contributed by atoms with E-state index in [0.29, 0.717) is 17.5 Å². The number of rotatable bonds is 2. The highest BCUT2D eigenvalue weighted by Crippen LogP contribution is 2.28. The zero-order valence-electron chi connectivity index (χ0n) is 11.4. The third kappa shape index (κ3) is 2.34. The first-order valence-electron chi connectivity index (χ1n) is 6.89. The van der Waals surface area contributed by atoms with E-state index in [1.807, 2.05) is 12.1 Å². The molecule has 0 aliphatic carbocycles. The summed E-state index contributed by atoms with van der Waals surface area (Å²) in [4.78, 5) is 0. The van der Waals surface area contributed by atoms with Gasteiger partial charge in [0.05, 0.1) is 0 Å². The largest absolute Gasteiger partial charge is 0.312 e. The fourth-order valence-corrected chi connectivity index (χ4v) is 2.88. The Morgan fingerprint density at radius 1 is 1.10 bits per heavy atom. The van der Waals surface area contributed by atoms with Gasteiger partial charge in [-0.15, -0.1) is 0 Å². The molecule has 3 heteroatoms. The van der Waals surface area contributed by atoms with Gasteiger partial charge in [0.2, 0.25) is 0 Å². The predicted octanol–water partition coefficient (Wildman–Crippen LogP) is 3.70. The topological polar surface area (TPSA) is 12.0 Å². The quantitative estimate of drug-likeness (QED) is 0.879. The van der Waals surface area contributed by atoms with Gasteiger partial charge in [0.1, 0.15) is 0 Å². The number of benzene rings is 2. The van der Waals surface area contributed by atoms with Crippen molar-refractivity contribution in [3.8, 4) is 0 Å². The first-order chi connectivity index (χ1) is 9.66. The second-order valence-corrected chi connectivity index (χ2v) is 5.40. The molecule has 0 aromatic heterocycles. The molecule has 0 spiro atoms. The van der Waals surface area contributed by atoms with Crippen LogP contribution in [0.5, 0.6) is 0 Å². The van der Waals surface area contributed by atoms with Gasteiger partial charge in [-0.25, -0.2) is 8.78 Å². The summed E-state index contributed by atoms with van der Waals surface area (Å²) in [5, 5.41) is 3.34. The molecular formula is C17H17F2N. The SMILES string of the molecule is Cc1ccc(CC2CNCc3ccccc32)c(F)c1F. The van der Waals surface area contributed by atoms with Crippen molar-refractivity contribution >= 4 is 0 Å². The summed E-state index contributed by atoms with van der Waals surface area (Å²) in [6.45, 7) is 3.23. The van der Waals surface area contributed by atoms with Crippen molar-refractivity contribution in [1.29, 1.82) is 0 Å². The highest BCUT2D eigenvalue weighted by atomic mass is 19.2. The molecule has 104 valence electrons. The van der Waals surface area contributed by atoms with Crippen LogP contribution in [-0.4, -0.2) is 6.54 Å². The Morgan fingerprint density at radius 2 is 1.90 bits per heavy atom. The van der Waals surface area contributed by atoms with Crippen LogP contribution < -0.4 is 5.32 Å². The van der Waals surface area contributed by atoms with Gasteiger partial charge in [-0.3, -0.25) is 0 Å². The Labute approximate surface area is 117 Å². The van der Waals surface area contributed by atoms with E-state index in [1.54, 1.807) is 19.1 Å². The van der Waals surface area contributed by atoms with Crippen LogP contribution in [0.4, 0.5) is 8.78 Å². The van der Waals surface area contributed by atoms with Gasteiger partial charge in [-0.2, -0.15) is 0 Å². The molecule has 0 amide bonds. The maximum atomic E-state index is 14.0. The van der Waals surface area contributed by atoms with Crippen LogP contribution in [0.15, 0.2) is 36.4 Å². The maximum Gasteiger partial charge on any atom is 0.162 e. The molecule has 2 aromatic rings. The van der Waals surface area contributed by atoms with Gasteiger partial charge in [-0.1, -0.05) is 36.4 Å². The zero-order valence-corrected chi connectivity index (χ0v) is 11.4. The molecule has 1 unspecified atom stereocenters. The van der Waals surface area contributed by atoms with Crippen LogP contribution in [-0.2, 0) is 13.0 Å². The Morgan fingerprint density at radius 3 is 2.75 bits per heavy atom. The monoisotopic (exact) mass is 273 g/mol. The lowest BCUT2D eigenvalue weighted by atomic mass is 9.86. The number of hydrogen-bond acceptors (Lipinski definition) is 1. The summed E-state index contributed by atoms with van der Waals surface area (Å²) in [5.41, 5.74) is 3.30. The Hall–Kier alpha value is -1.74. The number of nitrogens with one attached hydrogen (secondary N) is 1. The van der Waals surface area contributed by atoms with Crippen LogP contribution in [0.2, 0.25) is 0 Å². The fourth-order valence-electron chi connectivity index (χ4n) is 2.88. The summed E-state index contributed by atoms with van der Waals surface area (Å²) >= 11 is 0. The standard InChI is InChI=1S/C17H17F2N/c1-11-6-7-12(17(19)16(11)18)8-14-10-20-9-13-4-2-3-5-15(13)14/h2-7,14,20H,8-10H2,1H3. The van der Waals surface area contributed by atoms with Gasteiger partial charge < -0.3 is 5.32 Å². The van der Waals surface area contributed by atoms with Crippen LogP contribution in [0, 0.1) is 18.6 Å². The third-order valence-corrected chi connectivity index (χ3v) is 4.02. The minimum Gasteiger partial charge on any atom is -0.312 e. The van der Waals surface area contributed by atoms with E-state index in [-0.39, 0.29) is 5.92 Å². The molecule has 0 radical (unpaired) electrons. The molecule has 20 heavy (non-hydrogen) atoms. The van der Waals surface area contributed by atoms with Crippen molar-refractivity contribution in [2.45, 2.75) is 25.8 Å². The molecule has 1 aliphatic rings. The molecule has 0 fully saturated rings. The Kier molecular flexibility index (Phi) is 3.53. The highest BCUT2D eigenvalue weighted by Gasteiger charge is 2.22. The third-order valence-electron chi connectivity index (χ3n) is 4.02. The molecule has 0 bridgehead atoms. The minimum atomic E-state index is -0.723. The molecule has 3 rings (SSSR count). The van der Waals surface area contributed by atoms with Gasteiger partial charge in [-0.05, 0) is 35.6 Å². The second-order valence-electron chi connectivity index (χ2n) is 5.40. The van der Waals surface area contributed by atoms with E-state index < -0.39 is 11.6 Å². The van der Waals surface area contributed by atoms with Crippen LogP contribution in [0.1, 0.15) is 28.2 Å². The molecular weight excluding hydrogens is 256 g/mol. The number of halogens is 2. The van der Waals surface area contributed by atoms with E-state index >= 15 is 0 Å². The number of aryl methyl sites for hydroxylation is 1. The molecule has 1 nitrogen and oxygen atoms in total. The lowest BCUT2D eigenvalue weighted by Gasteiger charge is -2.26. The Bertz CT molecular complexity index is 637. The summed E-state index contributed by atoms with van der Waals surface area (Å²) in [5.74, 6) is -1.23. The summed E-state index contributed by atoms with van der Waals surface area (Å²) in [7, 11) is 0. The molecule has 1 N–H and O–H groups in total. The first-order valence-corrected chi connectivity index (χ1v) is 6.89. The smallest absolute Gasteiger partial charge is 0.162 e. The summed E-state index contributed by atoms with van der Waals surface area (Å²) in [6.07, 6.45) is 0.521. The van der Waals surface area contributed by atoms with Crippen LogP contribution in [0.25, 0.3) is 0 Å². The van der Waals surface area contributed by atoms with Crippen molar-refractivity contribution < 1.29 is 8.78 Å². The van der Waals surface area contributed by atoms with Gasteiger partial charge in [0.25, 0.3) is 0 Å². The van der Waals surface area contributed by atoms with Crippen LogP contribution in [0.3, 0.4) is 0 Å². The van der Waals surface area contributed by atoms with Crippen LogP contribution >= 0.6 is 0 Å². The normalized spacial score (nSPS) is 17.9. The van der Waals surface area contributed by atoms with E-state index in [2.05, 4.69) is 17.4 Å². The van der Waals surface area contributed by atoms with Crippen molar-refractivity contribution in [2.24, 2.45) is 0 Å². The van der Waals surface area contributed by atoms with Crippen molar-refractivity contribution in [1.82, 2.24) is 5.32 Å². The highest BCUT2D eigenvalue weighted by molar-refractivity contribution is 5.35. The molecule has 1 aliphatic heterocycles. The molecule has 1 heterocycles. The van der Waals surface area contributed by atoms with E-state index in [1.165, 1.54) is 11.1 Å². The lowest BCUT2D eigenvalue weighted by molar-refractivity contribution is 0.479. The number of fused-ring (bicyclic) bond motifs is 1. The van der Waals surface area contributed by atoms with Crippen molar-refractivity contribution in [2.75, 3.05) is 6.54 Å².